The smallest absolute Gasteiger partial charge is 0.332 e. The van der Waals surface area contributed by atoms with E-state index >= 15 is 0 Å². The van der Waals surface area contributed by atoms with Crippen molar-refractivity contribution in [2.75, 3.05) is 26.4 Å². The quantitative estimate of drug-likeness (QED) is 0.272. The van der Waals surface area contributed by atoms with Gasteiger partial charge in [0.25, 0.3) is 0 Å². The third kappa shape index (κ3) is 7.35. The Morgan fingerprint density at radius 2 is 2.29 bits per heavy atom. The predicted molar refractivity (Wildman–Crippen MR) is 47.9 cm³/mol. The number of aliphatic carboxylic acids is 1. The largest absolute Gasteiger partial charge is 0.479 e. The molecule has 0 amide bonds. The van der Waals surface area contributed by atoms with Gasteiger partial charge in [-0.3, -0.25) is 0 Å². The summed E-state index contributed by atoms with van der Waals surface area (Å²) in [6.45, 7) is 2.53. The third-order valence-corrected chi connectivity index (χ3v) is 1.34. The van der Waals surface area contributed by atoms with Crippen LogP contribution in [0.3, 0.4) is 0 Å². The Morgan fingerprint density at radius 1 is 1.57 bits per heavy atom. The van der Waals surface area contributed by atoms with Crippen molar-refractivity contribution in [1.82, 2.24) is 0 Å². The minimum Gasteiger partial charge on any atom is -0.479 e. The first kappa shape index (κ1) is 12.7. The first-order valence-electron chi connectivity index (χ1n) is 4.11. The molecule has 0 bridgehead atoms. The maximum absolute atomic E-state index is 10.3. The van der Waals surface area contributed by atoms with Crippen molar-refractivity contribution in [3.63, 3.8) is 0 Å². The van der Waals surface area contributed by atoms with Gasteiger partial charge in [0, 0.05) is 11.5 Å². The molecule has 0 radical (unpaired) electrons. The van der Waals surface area contributed by atoms with Crippen molar-refractivity contribution >= 4 is 5.97 Å². The van der Waals surface area contributed by atoms with Crippen LogP contribution < -0.4 is 0 Å². The molecule has 0 fully saturated rings. The highest BCUT2D eigenvalue weighted by Crippen LogP contribution is 1.90. The van der Waals surface area contributed by atoms with Crippen LogP contribution in [0.2, 0.25) is 0 Å². The molecule has 0 aliphatic rings. The van der Waals surface area contributed by atoms with E-state index in [0.29, 0.717) is 13.2 Å². The van der Waals surface area contributed by atoms with Crippen LogP contribution in [-0.4, -0.2) is 43.5 Å². The second-order valence-electron chi connectivity index (χ2n) is 2.42. The molecule has 0 aromatic rings. The third-order valence-electron chi connectivity index (χ3n) is 1.34. The van der Waals surface area contributed by atoms with E-state index in [1.807, 2.05) is 0 Å². The average Bonchev–Trinajstić information content (AvgIpc) is 2.16. The number of hydrogen-bond donors (Lipinski definition) is 1. The number of nitrogens with zero attached hydrogens (tertiary/aromatic N) is 3. The van der Waals surface area contributed by atoms with Crippen LogP contribution in [0.15, 0.2) is 5.11 Å². The number of carbonyl (C=O) groups is 1. The molecule has 1 unspecified atom stereocenters. The zero-order valence-corrected chi connectivity index (χ0v) is 7.92. The summed E-state index contributed by atoms with van der Waals surface area (Å²) in [7, 11) is 0. The van der Waals surface area contributed by atoms with Gasteiger partial charge in [-0.1, -0.05) is 5.11 Å². The second kappa shape index (κ2) is 8.31. The van der Waals surface area contributed by atoms with Crippen molar-refractivity contribution in [3.05, 3.63) is 10.4 Å². The number of rotatable bonds is 8. The highest BCUT2D eigenvalue weighted by molar-refractivity contribution is 5.71. The van der Waals surface area contributed by atoms with Crippen LogP contribution >= 0.6 is 0 Å². The Labute approximate surface area is 81.2 Å². The zero-order valence-electron chi connectivity index (χ0n) is 7.92. The van der Waals surface area contributed by atoms with Crippen LogP contribution in [0, 0.1) is 0 Å². The van der Waals surface area contributed by atoms with Gasteiger partial charge in [0.1, 0.15) is 0 Å². The molecule has 0 aliphatic heterocycles. The lowest BCUT2D eigenvalue weighted by Gasteiger charge is -2.07. The van der Waals surface area contributed by atoms with Crippen molar-refractivity contribution < 1.29 is 19.4 Å². The standard InChI is InChI=1S/C7H13N3O4/c1-6(7(11)12)14-5-4-13-3-2-9-10-8/h6H,2-5H2,1H3,(H,11,12). The summed E-state index contributed by atoms with van der Waals surface area (Å²) >= 11 is 0. The lowest BCUT2D eigenvalue weighted by molar-refractivity contribution is -0.149. The number of hydrogen-bond acceptors (Lipinski definition) is 4. The summed E-state index contributed by atoms with van der Waals surface area (Å²) in [4.78, 5) is 12.8. The van der Waals surface area contributed by atoms with E-state index in [1.54, 1.807) is 0 Å². The van der Waals surface area contributed by atoms with Crippen LogP contribution in [0.25, 0.3) is 10.4 Å². The topological polar surface area (TPSA) is 105 Å². The first-order valence-corrected chi connectivity index (χ1v) is 4.11. The lowest BCUT2D eigenvalue weighted by atomic mass is 10.4. The van der Waals surface area contributed by atoms with E-state index in [9.17, 15) is 4.79 Å². The SMILES string of the molecule is CC(OCCOCCN=[N+]=[N-])C(=O)O. The number of ether oxygens (including phenoxy) is 2. The summed E-state index contributed by atoms with van der Waals surface area (Å²) in [6, 6.07) is 0. The van der Waals surface area contributed by atoms with Gasteiger partial charge in [0.05, 0.1) is 19.8 Å². The normalized spacial score (nSPS) is 11.8. The number of carboxylic acids is 1. The fourth-order valence-electron chi connectivity index (χ4n) is 0.607. The van der Waals surface area contributed by atoms with Gasteiger partial charge in [-0.25, -0.2) is 4.79 Å². The summed E-state index contributed by atoms with van der Waals surface area (Å²) in [5, 5.41) is 11.7. The molecule has 1 atom stereocenters. The van der Waals surface area contributed by atoms with Gasteiger partial charge in [0.15, 0.2) is 6.10 Å². The highest BCUT2D eigenvalue weighted by Gasteiger charge is 2.09. The van der Waals surface area contributed by atoms with Crippen molar-refractivity contribution in [2.45, 2.75) is 13.0 Å². The van der Waals surface area contributed by atoms with Crippen molar-refractivity contribution in [1.29, 1.82) is 0 Å². The monoisotopic (exact) mass is 203 g/mol. The molecule has 0 saturated carbocycles. The zero-order chi connectivity index (χ0) is 10.8. The number of carboxylic acid groups (broad SMARTS) is 1. The predicted octanol–water partition coefficient (Wildman–Crippen LogP) is 0.803. The van der Waals surface area contributed by atoms with Gasteiger partial charge in [-0.15, -0.1) is 0 Å². The Morgan fingerprint density at radius 3 is 2.86 bits per heavy atom. The average molecular weight is 203 g/mol. The molecule has 0 heterocycles. The molecule has 0 aromatic heterocycles. The van der Waals surface area contributed by atoms with Gasteiger partial charge >= 0.3 is 5.97 Å². The second-order valence-corrected chi connectivity index (χ2v) is 2.42. The Balaban J connectivity index is 3.21. The summed E-state index contributed by atoms with van der Waals surface area (Å²) in [5.74, 6) is -1.00. The van der Waals surface area contributed by atoms with E-state index < -0.39 is 12.1 Å². The van der Waals surface area contributed by atoms with Crippen LogP contribution in [-0.2, 0) is 14.3 Å². The van der Waals surface area contributed by atoms with Crippen LogP contribution in [0.5, 0.6) is 0 Å². The van der Waals surface area contributed by atoms with Gasteiger partial charge < -0.3 is 14.6 Å². The molecule has 14 heavy (non-hydrogen) atoms. The van der Waals surface area contributed by atoms with Crippen LogP contribution in [0.1, 0.15) is 6.92 Å². The maximum atomic E-state index is 10.3. The molecule has 7 heteroatoms. The summed E-state index contributed by atoms with van der Waals surface area (Å²) in [5.41, 5.74) is 7.92. The van der Waals surface area contributed by atoms with E-state index in [1.165, 1.54) is 6.92 Å². The van der Waals surface area contributed by atoms with E-state index in [2.05, 4.69) is 10.0 Å². The minimum absolute atomic E-state index is 0.212. The Hall–Kier alpha value is -1.30. The fourth-order valence-corrected chi connectivity index (χ4v) is 0.607. The first-order chi connectivity index (χ1) is 6.68. The van der Waals surface area contributed by atoms with Crippen molar-refractivity contribution in [2.24, 2.45) is 5.11 Å². The highest BCUT2D eigenvalue weighted by atomic mass is 16.5. The van der Waals surface area contributed by atoms with E-state index in [4.69, 9.17) is 20.1 Å². The minimum atomic E-state index is -1.00. The molecule has 0 aromatic carbocycles. The van der Waals surface area contributed by atoms with E-state index in [-0.39, 0.29) is 13.2 Å². The van der Waals surface area contributed by atoms with Crippen molar-refractivity contribution in [3.8, 4) is 0 Å². The summed E-state index contributed by atoms with van der Waals surface area (Å²) < 4.78 is 9.87. The molecule has 80 valence electrons. The fraction of sp³-hybridized carbons (Fsp3) is 0.857. The van der Waals surface area contributed by atoms with Gasteiger partial charge in [-0.2, -0.15) is 0 Å². The molecular formula is C7H13N3O4. The summed E-state index contributed by atoms with van der Waals surface area (Å²) in [6.07, 6.45) is -0.823. The molecule has 0 aliphatic carbocycles. The van der Waals surface area contributed by atoms with Gasteiger partial charge in [0.2, 0.25) is 0 Å². The molecular weight excluding hydrogens is 190 g/mol. The molecule has 0 saturated heterocycles. The van der Waals surface area contributed by atoms with Crippen LogP contribution in [0.4, 0.5) is 0 Å². The lowest BCUT2D eigenvalue weighted by Crippen LogP contribution is -2.22. The maximum Gasteiger partial charge on any atom is 0.332 e. The molecule has 0 rings (SSSR count). The Kier molecular flexibility index (Phi) is 7.53. The molecule has 0 spiro atoms. The van der Waals surface area contributed by atoms with E-state index in [0.717, 1.165) is 0 Å². The number of azide groups is 1. The molecule has 7 nitrogen and oxygen atoms in total. The molecule has 1 N–H and O–H groups in total. The Bertz CT molecular complexity index is 215. The van der Waals surface area contributed by atoms with Gasteiger partial charge in [-0.05, 0) is 12.5 Å².